The van der Waals surface area contributed by atoms with Crippen LogP contribution < -0.4 is 20.7 Å². The highest BCUT2D eigenvalue weighted by molar-refractivity contribution is 7.31. The zero-order valence-corrected chi connectivity index (χ0v) is 37.7. The second-order valence-corrected chi connectivity index (χ2v) is 23.3. The molecule has 0 amide bonds. The molecule has 4 heterocycles. The van der Waals surface area contributed by atoms with Crippen molar-refractivity contribution in [3.05, 3.63) is 212 Å². The molecule has 0 saturated carbocycles. The van der Waals surface area contributed by atoms with Crippen LogP contribution in [0.1, 0.15) is 0 Å². The Bertz CT molecular complexity index is 3760. The van der Waals surface area contributed by atoms with E-state index >= 15 is 0 Å². The van der Waals surface area contributed by atoms with Gasteiger partial charge in [-0.1, -0.05) is 158 Å². The molecule has 0 aliphatic rings. The number of benzene rings is 9. The molecule has 64 heavy (non-hydrogen) atoms. The highest BCUT2D eigenvalue weighted by Crippen LogP contribution is 2.39. The Morgan fingerprint density at radius 1 is 0.281 bits per heavy atom. The maximum Gasteiger partial charge on any atom is 0.181 e. The Balaban J connectivity index is 1.07. The number of thiophene rings is 3. The lowest BCUT2D eigenvalue weighted by molar-refractivity contribution is 1.08. The Morgan fingerprint density at radius 2 is 0.688 bits per heavy atom. The fourth-order valence-electron chi connectivity index (χ4n) is 9.77. The average molecular weight is 886 g/mol. The topological polar surface area (TPSA) is 38.7 Å². The molecule has 0 bridgehead atoms. The van der Waals surface area contributed by atoms with Crippen molar-refractivity contribution in [1.82, 2.24) is 15.0 Å². The zero-order valence-electron chi connectivity index (χ0n) is 34.3. The Morgan fingerprint density at radius 3 is 1.23 bits per heavy atom. The number of hydrogen-bond acceptors (Lipinski definition) is 6. The van der Waals surface area contributed by atoms with Crippen LogP contribution in [0.3, 0.4) is 0 Å². The Kier molecular flexibility index (Phi) is 8.77. The van der Waals surface area contributed by atoms with Gasteiger partial charge >= 0.3 is 0 Å². The van der Waals surface area contributed by atoms with E-state index in [1.165, 1.54) is 81.3 Å². The first kappa shape index (κ1) is 37.4. The third-order valence-corrected chi connectivity index (χ3v) is 21.2. The maximum atomic E-state index is 5.39. The van der Waals surface area contributed by atoms with Gasteiger partial charge in [-0.25, -0.2) is 15.0 Å². The molecule has 0 radical (unpaired) electrons. The number of rotatable bonds is 7. The van der Waals surface area contributed by atoms with E-state index in [2.05, 4.69) is 212 Å². The van der Waals surface area contributed by atoms with Gasteiger partial charge in [-0.2, -0.15) is 0 Å². The van der Waals surface area contributed by atoms with Gasteiger partial charge in [0.05, 0.1) is 0 Å². The summed E-state index contributed by atoms with van der Waals surface area (Å²) < 4.78 is 7.68. The lowest BCUT2D eigenvalue weighted by Gasteiger charge is -2.35. The summed E-state index contributed by atoms with van der Waals surface area (Å²) in [5, 5.41) is 12.8. The van der Waals surface area contributed by atoms with Crippen molar-refractivity contribution in [3.8, 4) is 34.2 Å². The van der Waals surface area contributed by atoms with E-state index in [0.29, 0.717) is 17.5 Å². The molecule has 7 heteroatoms. The normalized spacial score (nSPS) is 12.1. The second-order valence-electron chi connectivity index (χ2n) is 16.3. The molecular weight excluding hydrogens is 851 g/mol. The molecule has 13 rings (SSSR count). The van der Waals surface area contributed by atoms with Gasteiger partial charge in [0.15, 0.2) is 25.5 Å². The average Bonchev–Trinajstić information content (AvgIpc) is 4.06. The standard InChI is InChI=1S/C57H35N3S3Si/c1-3-16-39(17-4-1)64(40-18-5-2-6-19-40,53-28-14-24-45-42-21-7-12-27-50(42)63-54(45)53)41-20-13-15-36(33-41)55-58-56(37-29-31-51-46(34-37)43-22-8-10-25-48(43)61-51)60-57(59-55)38-30-32-52-47(35-38)44-23-9-11-26-49(44)62-52/h1-35H. The van der Waals surface area contributed by atoms with Gasteiger partial charge in [0.1, 0.15) is 0 Å². The van der Waals surface area contributed by atoms with Gasteiger partial charge < -0.3 is 0 Å². The number of aromatic nitrogens is 3. The van der Waals surface area contributed by atoms with Crippen molar-refractivity contribution >= 4 is 123 Å². The first-order valence-corrected chi connectivity index (χ1v) is 25.9. The van der Waals surface area contributed by atoms with E-state index in [1.807, 2.05) is 34.0 Å². The van der Waals surface area contributed by atoms with Crippen molar-refractivity contribution in [2.75, 3.05) is 0 Å². The fourth-order valence-corrected chi connectivity index (χ4v) is 18.5. The molecule has 0 unspecified atom stereocenters. The second kappa shape index (κ2) is 15.0. The summed E-state index contributed by atoms with van der Waals surface area (Å²) in [5.74, 6) is 1.96. The van der Waals surface area contributed by atoms with Gasteiger partial charge in [-0.05, 0) is 75.3 Å². The molecule has 0 atom stereocenters. The summed E-state index contributed by atoms with van der Waals surface area (Å²) in [4.78, 5) is 16.1. The number of fused-ring (bicyclic) bond motifs is 9. The van der Waals surface area contributed by atoms with E-state index in [9.17, 15) is 0 Å². The van der Waals surface area contributed by atoms with E-state index in [4.69, 9.17) is 15.0 Å². The highest BCUT2D eigenvalue weighted by Gasteiger charge is 2.43. The molecule has 0 saturated heterocycles. The van der Waals surface area contributed by atoms with Crippen LogP contribution >= 0.6 is 34.0 Å². The highest BCUT2D eigenvalue weighted by atomic mass is 32.1. The van der Waals surface area contributed by atoms with Crippen LogP contribution in [0.2, 0.25) is 0 Å². The summed E-state index contributed by atoms with van der Waals surface area (Å²) in [6.07, 6.45) is 0. The lowest BCUT2D eigenvalue weighted by Crippen LogP contribution is -2.74. The van der Waals surface area contributed by atoms with Crippen LogP contribution in [0, 0.1) is 0 Å². The fraction of sp³-hybridized carbons (Fsp3) is 0. The maximum absolute atomic E-state index is 5.39. The molecule has 0 fully saturated rings. The predicted molar refractivity (Wildman–Crippen MR) is 278 cm³/mol. The zero-order chi connectivity index (χ0) is 42.2. The minimum absolute atomic E-state index is 0.650. The molecule has 0 aliphatic heterocycles. The van der Waals surface area contributed by atoms with Crippen LogP contribution in [0.5, 0.6) is 0 Å². The van der Waals surface area contributed by atoms with E-state index in [-0.39, 0.29) is 0 Å². The Hall–Kier alpha value is -7.13. The molecule has 0 spiro atoms. The lowest BCUT2D eigenvalue weighted by atomic mass is 10.1. The minimum atomic E-state index is -3.00. The quantitative estimate of drug-likeness (QED) is 0.118. The van der Waals surface area contributed by atoms with Crippen LogP contribution in [0.15, 0.2) is 212 Å². The van der Waals surface area contributed by atoms with Crippen molar-refractivity contribution < 1.29 is 0 Å². The van der Waals surface area contributed by atoms with Crippen molar-refractivity contribution in [2.24, 2.45) is 0 Å². The molecule has 13 aromatic rings. The SMILES string of the molecule is c1ccc([Si](c2ccccc2)(c2cccc(-c3nc(-c4ccc5sc6ccccc6c5c4)nc(-c4ccc5sc6ccccc6c5c4)n3)c2)c2cccc3c2sc2ccccc23)cc1. The van der Waals surface area contributed by atoms with Gasteiger partial charge in [0.2, 0.25) is 0 Å². The molecule has 0 N–H and O–H groups in total. The van der Waals surface area contributed by atoms with Crippen LogP contribution in [-0.2, 0) is 0 Å². The van der Waals surface area contributed by atoms with E-state index in [0.717, 1.165) is 16.7 Å². The summed E-state index contributed by atoms with van der Waals surface area (Å²) in [6.45, 7) is 0. The molecule has 0 aliphatic carbocycles. The molecule has 9 aromatic carbocycles. The summed E-state index contributed by atoms with van der Waals surface area (Å²) in [6, 6.07) is 77.9. The summed E-state index contributed by atoms with van der Waals surface area (Å²) in [7, 11) is -3.00. The van der Waals surface area contributed by atoms with Gasteiger partial charge in [-0.3, -0.25) is 0 Å². The molecule has 3 nitrogen and oxygen atoms in total. The summed E-state index contributed by atoms with van der Waals surface area (Å²) >= 11 is 5.55. The first-order chi connectivity index (χ1) is 31.7. The Labute approximate surface area is 382 Å². The third-order valence-electron chi connectivity index (χ3n) is 12.7. The monoisotopic (exact) mass is 885 g/mol. The van der Waals surface area contributed by atoms with Crippen molar-refractivity contribution in [2.45, 2.75) is 0 Å². The van der Waals surface area contributed by atoms with Crippen LogP contribution in [0.25, 0.3) is 94.7 Å². The molecule has 300 valence electrons. The van der Waals surface area contributed by atoms with Gasteiger partial charge in [-0.15, -0.1) is 34.0 Å². The minimum Gasteiger partial charge on any atom is -0.208 e. The van der Waals surface area contributed by atoms with Gasteiger partial charge in [0.25, 0.3) is 0 Å². The van der Waals surface area contributed by atoms with E-state index in [1.54, 1.807) is 0 Å². The van der Waals surface area contributed by atoms with E-state index < -0.39 is 8.07 Å². The molecular formula is C57H35N3S3Si. The number of hydrogen-bond donors (Lipinski definition) is 0. The summed E-state index contributed by atoms with van der Waals surface area (Å²) in [5.41, 5.74) is 2.89. The van der Waals surface area contributed by atoms with Gasteiger partial charge in [0, 0.05) is 77.2 Å². The predicted octanol–water partition coefficient (Wildman–Crippen LogP) is 13.4. The first-order valence-electron chi connectivity index (χ1n) is 21.4. The van der Waals surface area contributed by atoms with Crippen molar-refractivity contribution in [1.29, 1.82) is 0 Å². The third kappa shape index (κ3) is 5.93. The number of nitrogens with zero attached hydrogens (tertiary/aromatic N) is 3. The largest absolute Gasteiger partial charge is 0.208 e. The smallest absolute Gasteiger partial charge is 0.181 e. The van der Waals surface area contributed by atoms with Crippen LogP contribution in [-0.4, -0.2) is 23.0 Å². The molecule has 4 aromatic heterocycles. The van der Waals surface area contributed by atoms with Crippen LogP contribution in [0.4, 0.5) is 0 Å². The van der Waals surface area contributed by atoms with Crippen molar-refractivity contribution in [3.63, 3.8) is 0 Å².